The molecule has 0 saturated heterocycles. The summed E-state index contributed by atoms with van der Waals surface area (Å²) in [7, 11) is 3.18. The van der Waals surface area contributed by atoms with E-state index in [0.717, 1.165) is 6.29 Å². The van der Waals surface area contributed by atoms with Crippen molar-refractivity contribution in [3.63, 3.8) is 0 Å². The average Bonchev–Trinajstić information content (AvgIpc) is 2.13. The summed E-state index contributed by atoms with van der Waals surface area (Å²) in [5, 5.41) is 0. The van der Waals surface area contributed by atoms with Crippen LogP contribution in [0, 0.1) is 0 Å². The first-order valence-electron chi connectivity index (χ1n) is 4.86. The lowest BCUT2D eigenvalue weighted by atomic mass is 9.75. The van der Waals surface area contributed by atoms with Crippen LogP contribution in [0.1, 0.15) is 0 Å². The van der Waals surface area contributed by atoms with Gasteiger partial charge in [-0.3, -0.25) is 9.69 Å². The minimum Gasteiger partial charge on any atom is -0.535 e. The van der Waals surface area contributed by atoms with Crippen LogP contribution in [-0.4, -0.2) is 57.4 Å². The van der Waals surface area contributed by atoms with Crippen molar-refractivity contribution in [2.45, 2.75) is 19.8 Å². The molecule has 0 amide bonds. The second-order valence-corrected chi connectivity index (χ2v) is 3.60. The average molecular weight is 215 g/mol. The lowest BCUT2D eigenvalue weighted by Crippen LogP contribution is -2.39. The van der Waals surface area contributed by atoms with E-state index in [1.54, 1.807) is 25.6 Å². The Morgan fingerprint density at radius 2 is 2.13 bits per heavy atom. The Bertz CT molecular complexity index is 210. The summed E-state index contributed by atoms with van der Waals surface area (Å²) < 4.78 is 10.0. The molecule has 0 aliphatic heterocycles. The van der Waals surface area contributed by atoms with Gasteiger partial charge in [0.2, 0.25) is 0 Å². The molecule has 0 radical (unpaired) electrons. The molecule has 0 aromatic carbocycles. The molecule has 0 aliphatic carbocycles. The Morgan fingerprint density at radius 1 is 1.53 bits per heavy atom. The lowest BCUT2D eigenvalue weighted by molar-refractivity contribution is -0.147. The van der Waals surface area contributed by atoms with E-state index < -0.39 is 12.1 Å². The highest BCUT2D eigenvalue weighted by Gasteiger charge is 2.22. The molecule has 15 heavy (non-hydrogen) atoms. The highest BCUT2D eigenvalue weighted by atomic mass is 16.5. The van der Waals surface area contributed by atoms with Gasteiger partial charge in [-0.25, -0.2) is 0 Å². The first kappa shape index (κ1) is 14.1. The Hall–Kier alpha value is -0.875. The molecule has 0 aromatic rings. The summed E-state index contributed by atoms with van der Waals surface area (Å²) in [6.07, 6.45) is 0.137. The fraction of sp³-hybridized carbons (Fsp3) is 0.778. The predicted molar refractivity (Wildman–Crippen MR) is 57.9 cm³/mol. The molecule has 0 fully saturated rings. The summed E-state index contributed by atoms with van der Waals surface area (Å²) >= 11 is 0. The van der Waals surface area contributed by atoms with Crippen molar-refractivity contribution in [3.05, 3.63) is 0 Å². The predicted octanol–water partition coefficient (Wildman–Crippen LogP) is -0.0736. The van der Waals surface area contributed by atoms with Crippen LogP contribution in [0.4, 0.5) is 0 Å². The molecule has 5 nitrogen and oxygen atoms in total. The van der Waals surface area contributed by atoms with Gasteiger partial charge in [0.25, 0.3) is 0 Å². The molecular weight excluding hydrogens is 197 g/mol. The van der Waals surface area contributed by atoms with Crippen molar-refractivity contribution < 1.29 is 19.0 Å². The molecule has 0 rings (SSSR count). The largest absolute Gasteiger partial charge is 0.535 e. The molecule has 0 aliphatic rings. The molecule has 86 valence electrons. The number of rotatable bonds is 7. The SMILES string of the molecule is COC(CN(C)CC=O)C(=O)OB(C)C. The van der Waals surface area contributed by atoms with Gasteiger partial charge in [-0.2, -0.15) is 0 Å². The van der Waals surface area contributed by atoms with Gasteiger partial charge in [0.05, 0.1) is 6.54 Å². The van der Waals surface area contributed by atoms with Gasteiger partial charge < -0.3 is 14.2 Å². The zero-order valence-electron chi connectivity index (χ0n) is 9.73. The summed E-state index contributed by atoms with van der Waals surface area (Å²) in [6.45, 7) is 4.02. The van der Waals surface area contributed by atoms with Crippen LogP contribution in [0.3, 0.4) is 0 Å². The summed E-state index contributed by atoms with van der Waals surface area (Å²) in [6, 6.07) is 0. The Balaban J connectivity index is 4.11. The van der Waals surface area contributed by atoms with Gasteiger partial charge in [-0.05, 0) is 20.7 Å². The maximum atomic E-state index is 11.5. The van der Waals surface area contributed by atoms with Crippen LogP contribution in [0.15, 0.2) is 0 Å². The second kappa shape index (κ2) is 7.42. The van der Waals surface area contributed by atoms with E-state index in [1.807, 2.05) is 0 Å². The van der Waals surface area contributed by atoms with Crippen molar-refractivity contribution in [2.24, 2.45) is 0 Å². The Labute approximate surface area is 90.8 Å². The van der Waals surface area contributed by atoms with E-state index in [1.165, 1.54) is 7.11 Å². The minimum atomic E-state index is -0.641. The summed E-state index contributed by atoms with van der Waals surface area (Å²) in [4.78, 5) is 23.4. The molecular formula is C9H18BNO4. The number of carbonyl (C=O) groups excluding carboxylic acids is 2. The van der Waals surface area contributed by atoms with Crippen molar-refractivity contribution in [1.82, 2.24) is 4.90 Å². The van der Waals surface area contributed by atoms with Crippen molar-refractivity contribution >= 4 is 19.2 Å². The molecule has 0 saturated carbocycles. The Morgan fingerprint density at radius 3 is 2.53 bits per heavy atom. The quantitative estimate of drug-likeness (QED) is 0.439. The summed E-state index contributed by atoms with van der Waals surface area (Å²) in [5.74, 6) is -0.398. The molecule has 0 bridgehead atoms. The third-order valence-corrected chi connectivity index (χ3v) is 1.76. The van der Waals surface area contributed by atoms with Crippen molar-refractivity contribution in [3.8, 4) is 0 Å². The lowest BCUT2D eigenvalue weighted by Gasteiger charge is -2.20. The number of aldehydes is 1. The smallest absolute Gasteiger partial charge is 0.355 e. The standard InChI is InChI=1S/C9H18BNO4/c1-10(2)15-9(13)8(14-4)7-11(3)5-6-12/h6,8H,5,7H2,1-4H3. The van der Waals surface area contributed by atoms with Crippen LogP contribution in [0.5, 0.6) is 0 Å². The topological polar surface area (TPSA) is 55.8 Å². The van der Waals surface area contributed by atoms with Gasteiger partial charge in [0.1, 0.15) is 6.29 Å². The van der Waals surface area contributed by atoms with E-state index in [0.29, 0.717) is 6.54 Å². The van der Waals surface area contributed by atoms with Crippen LogP contribution in [0.25, 0.3) is 0 Å². The van der Waals surface area contributed by atoms with Gasteiger partial charge >= 0.3 is 12.9 Å². The highest BCUT2D eigenvalue weighted by molar-refractivity contribution is 6.50. The van der Waals surface area contributed by atoms with Crippen LogP contribution >= 0.6 is 0 Å². The first-order valence-corrected chi connectivity index (χ1v) is 4.86. The van der Waals surface area contributed by atoms with E-state index in [9.17, 15) is 9.59 Å². The zero-order valence-corrected chi connectivity index (χ0v) is 9.73. The highest BCUT2D eigenvalue weighted by Crippen LogP contribution is 1.99. The maximum Gasteiger partial charge on any atom is 0.355 e. The minimum absolute atomic E-state index is 0.161. The molecule has 0 N–H and O–H groups in total. The molecule has 1 unspecified atom stereocenters. The second-order valence-electron chi connectivity index (χ2n) is 3.60. The number of nitrogens with zero attached hydrogens (tertiary/aromatic N) is 1. The molecule has 0 spiro atoms. The van der Waals surface area contributed by atoms with E-state index in [4.69, 9.17) is 9.39 Å². The van der Waals surface area contributed by atoms with Crippen LogP contribution < -0.4 is 0 Å². The van der Waals surface area contributed by atoms with Gasteiger partial charge in [0, 0.05) is 13.7 Å². The van der Waals surface area contributed by atoms with E-state index >= 15 is 0 Å². The van der Waals surface area contributed by atoms with Crippen molar-refractivity contribution in [2.75, 3.05) is 27.2 Å². The van der Waals surface area contributed by atoms with Gasteiger partial charge in [-0.15, -0.1) is 0 Å². The maximum absolute atomic E-state index is 11.5. The number of carbonyl (C=O) groups is 2. The van der Waals surface area contributed by atoms with Gasteiger partial charge in [-0.1, -0.05) is 0 Å². The van der Waals surface area contributed by atoms with Gasteiger partial charge in [0.15, 0.2) is 6.10 Å². The summed E-state index contributed by atoms with van der Waals surface area (Å²) in [5.41, 5.74) is 0. The van der Waals surface area contributed by atoms with E-state index in [2.05, 4.69) is 0 Å². The third-order valence-electron chi connectivity index (χ3n) is 1.76. The molecule has 0 heterocycles. The number of hydrogen-bond acceptors (Lipinski definition) is 5. The third kappa shape index (κ3) is 6.25. The Kier molecular flexibility index (Phi) is 6.99. The molecule has 1 atom stereocenters. The number of methoxy groups -OCH3 is 1. The number of ether oxygens (including phenoxy) is 1. The van der Waals surface area contributed by atoms with E-state index in [-0.39, 0.29) is 13.5 Å². The van der Waals surface area contributed by atoms with Crippen molar-refractivity contribution in [1.29, 1.82) is 0 Å². The number of hydrogen-bond donors (Lipinski definition) is 0. The monoisotopic (exact) mass is 215 g/mol. The fourth-order valence-electron chi connectivity index (χ4n) is 1.04. The normalized spacial score (nSPS) is 12.3. The van der Waals surface area contributed by atoms with Crippen LogP contribution in [-0.2, 0) is 19.0 Å². The molecule has 0 aromatic heterocycles. The van der Waals surface area contributed by atoms with Crippen LogP contribution in [0.2, 0.25) is 13.6 Å². The first-order chi connectivity index (χ1) is 7.01. The molecule has 6 heteroatoms. The zero-order chi connectivity index (χ0) is 11.8. The fourth-order valence-corrected chi connectivity index (χ4v) is 1.04. The number of likely N-dealkylation sites (N-methyl/N-ethyl adjacent to an activating group) is 1.